The van der Waals surface area contributed by atoms with Crippen molar-refractivity contribution in [2.45, 2.75) is 142 Å². The molecule has 0 aromatic carbocycles. The van der Waals surface area contributed by atoms with E-state index in [2.05, 4.69) is 27.7 Å². The molecule has 0 radical (unpaired) electrons. The second kappa shape index (κ2) is 12.1. The van der Waals surface area contributed by atoms with Crippen LogP contribution in [-0.4, -0.2) is 23.1 Å². The Bertz CT molecular complexity index is 473. The zero-order valence-electron chi connectivity index (χ0n) is 20.1. The van der Waals surface area contributed by atoms with Crippen LogP contribution in [0.2, 0.25) is 0 Å². The molecular weight excluding hydrogens is 376 g/mol. The van der Waals surface area contributed by atoms with E-state index in [1.165, 1.54) is 38.5 Å². The van der Waals surface area contributed by atoms with Gasteiger partial charge in [0.2, 0.25) is 0 Å². The average Bonchev–Trinajstić information content (AvgIpc) is 2.81. The lowest BCUT2D eigenvalue weighted by Gasteiger charge is -2.41. The molecule has 0 aromatic heterocycles. The van der Waals surface area contributed by atoms with Gasteiger partial charge in [0.15, 0.2) is 0 Å². The minimum Gasteiger partial charge on any atom is -0.459 e. The lowest BCUT2D eigenvalue weighted by Crippen LogP contribution is -2.43. The average molecular weight is 423 g/mol. The molecule has 2 aliphatic carbocycles. The molecule has 174 valence electrons. The van der Waals surface area contributed by atoms with E-state index in [0.717, 1.165) is 51.4 Å². The van der Waals surface area contributed by atoms with Crippen molar-refractivity contribution in [3.8, 4) is 0 Å². The SMILES string of the molecule is CCC(CC)(OC(=O)CCC(=O)OC(CC)(CC)C1CCCCC1)C1CCCCC1. The summed E-state index contributed by atoms with van der Waals surface area (Å²) in [6.45, 7) is 8.50. The molecule has 0 saturated heterocycles. The lowest BCUT2D eigenvalue weighted by atomic mass is 9.74. The number of rotatable bonds is 11. The van der Waals surface area contributed by atoms with Crippen LogP contribution in [0.5, 0.6) is 0 Å². The Kier molecular flexibility index (Phi) is 10.2. The third kappa shape index (κ3) is 6.23. The highest BCUT2D eigenvalue weighted by Crippen LogP contribution is 2.41. The highest BCUT2D eigenvalue weighted by molar-refractivity contribution is 5.78. The third-order valence-corrected chi connectivity index (χ3v) is 8.26. The highest BCUT2D eigenvalue weighted by Gasteiger charge is 2.41. The first kappa shape index (κ1) is 25.2. The zero-order chi connectivity index (χ0) is 22.0. The maximum absolute atomic E-state index is 12.7. The number of ether oxygens (including phenoxy) is 2. The zero-order valence-corrected chi connectivity index (χ0v) is 20.1. The Morgan fingerprint density at radius 3 is 1.17 bits per heavy atom. The van der Waals surface area contributed by atoms with Crippen molar-refractivity contribution in [2.75, 3.05) is 0 Å². The lowest BCUT2D eigenvalue weighted by molar-refractivity contribution is -0.176. The van der Waals surface area contributed by atoms with Crippen LogP contribution in [-0.2, 0) is 19.1 Å². The van der Waals surface area contributed by atoms with Gasteiger partial charge in [-0.05, 0) is 63.2 Å². The Morgan fingerprint density at radius 2 is 0.900 bits per heavy atom. The fourth-order valence-electron chi connectivity index (χ4n) is 6.13. The van der Waals surface area contributed by atoms with Gasteiger partial charge >= 0.3 is 11.9 Å². The molecule has 0 spiro atoms. The number of hydrogen-bond acceptors (Lipinski definition) is 4. The maximum Gasteiger partial charge on any atom is 0.306 e. The third-order valence-electron chi connectivity index (χ3n) is 8.26. The van der Waals surface area contributed by atoms with Crippen LogP contribution in [0.3, 0.4) is 0 Å². The molecule has 0 bridgehead atoms. The Morgan fingerprint density at radius 1 is 0.600 bits per heavy atom. The summed E-state index contributed by atoms with van der Waals surface area (Å²) in [7, 11) is 0. The summed E-state index contributed by atoms with van der Waals surface area (Å²) < 4.78 is 12.2. The van der Waals surface area contributed by atoms with Gasteiger partial charge in [-0.2, -0.15) is 0 Å². The second-order valence-corrected chi connectivity index (χ2v) is 9.66. The molecule has 0 heterocycles. The molecular formula is C26H46O4. The van der Waals surface area contributed by atoms with Gasteiger partial charge in [-0.25, -0.2) is 0 Å². The summed E-state index contributed by atoms with van der Waals surface area (Å²) >= 11 is 0. The Balaban J connectivity index is 1.91. The van der Waals surface area contributed by atoms with E-state index in [4.69, 9.17) is 9.47 Å². The monoisotopic (exact) mass is 422 g/mol. The minimum atomic E-state index is -0.361. The van der Waals surface area contributed by atoms with Crippen molar-refractivity contribution in [3.05, 3.63) is 0 Å². The van der Waals surface area contributed by atoms with E-state index < -0.39 is 0 Å². The van der Waals surface area contributed by atoms with Gasteiger partial charge in [-0.1, -0.05) is 66.2 Å². The maximum atomic E-state index is 12.7. The van der Waals surface area contributed by atoms with Crippen molar-refractivity contribution in [2.24, 2.45) is 11.8 Å². The first-order valence-corrected chi connectivity index (χ1v) is 12.9. The number of esters is 2. The smallest absolute Gasteiger partial charge is 0.306 e. The van der Waals surface area contributed by atoms with Gasteiger partial charge in [-0.15, -0.1) is 0 Å². The van der Waals surface area contributed by atoms with Gasteiger partial charge < -0.3 is 9.47 Å². The standard InChI is InChI=1S/C26H46O4/c1-5-25(6-2,21-15-11-9-12-16-21)29-23(27)19-20-24(28)30-26(7-3,8-4)22-17-13-10-14-18-22/h21-22H,5-20H2,1-4H3. The van der Waals surface area contributed by atoms with Crippen LogP contribution in [0.25, 0.3) is 0 Å². The predicted molar refractivity (Wildman–Crippen MR) is 121 cm³/mol. The topological polar surface area (TPSA) is 52.6 Å². The quantitative estimate of drug-likeness (QED) is 0.332. The molecule has 0 atom stereocenters. The number of hydrogen-bond donors (Lipinski definition) is 0. The van der Waals surface area contributed by atoms with Gasteiger partial charge in [0.1, 0.15) is 11.2 Å². The fraction of sp³-hybridized carbons (Fsp3) is 0.923. The van der Waals surface area contributed by atoms with Crippen molar-refractivity contribution < 1.29 is 19.1 Å². The molecule has 30 heavy (non-hydrogen) atoms. The van der Waals surface area contributed by atoms with Crippen molar-refractivity contribution in [1.82, 2.24) is 0 Å². The first-order valence-electron chi connectivity index (χ1n) is 12.9. The van der Waals surface area contributed by atoms with Crippen LogP contribution in [0.4, 0.5) is 0 Å². The van der Waals surface area contributed by atoms with Crippen LogP contribution >= 0.6 is 0 Å². The summed E-state index contributed by atoms with van der Waals surface area (Å²) in [4.78, 5) is 25.4. The normalized spacial score (nSPS) is 19.5. The van der Waals surface area contributed by atoms with Crippen LogP contribution in [0.15, 0.2) is 0 Å². The van der Waals surface area contributed by atoms with E-state index in [9.17, 15) is 9.59 Å². The van der Waals surface area contributed by atoms with E-state index in [-0.39, 0.29) is 36.0 Å². The molecule has 0 unspecified atom stereocenters. The molecule has 2 saturated carbocycles. The van der Waals surface area contributed by atoms with Gasteiger partial charge in [0.05, 0.1) is 12.8 Å². The van der Waals surface area contributed by atoms with Gasteiger partial charge in [0, 0.05) is 0 Å². The molecule has 2 aliphatic rings. The molecule has 2 fully saturated rings. The Labute approximate surface area is 184 Å². The van der Waals surface area contributed by atoms with Crippen LogP contribution < -0.4 is 0 Å². The first-order chi connectivity index (χ1) is 14.4. The number of carbonyl (C=O) groups excluding carboxylic acids is 2. The summed E-state index contributed by atoms with van der Waals surface area (Å²) in [5, 5.41) is 0. The highest BCUT2D eigenvalue weighted by atomic mass is 16.6. The summed E-state index contributed by atoms with van der Waals surface area (Å²) in [5.41, 5.74) is -0.722. The minimum absolute atomic E-state index is 0.126. The van der Waals surface area contributed by atoms with Gasteiger partial charge in [0.25, 0.3) is 0 Å². The second-order valence-electron chi connectivity index (χ2n) is 9.66. The molecule has 4 heteroatoms. The van der Waals surface area contributed by atoms with E-state index in [0.29, 0.717) is 11.8 Å². The molecule has 0 aromatic rings. The van der Waals surface area contributed by atoms with Crippen molar-refractivity contribution in [3.63, 3.8) is 0 Å². The molecule has 4 nitrogen and oxygen atoms in total. The number of carbonyl (C=O) groups is 2. The molecule has 0 N–H and O–H groups in total. The van der Waals surface area contributed by atoms with E-state index in [1.807, 2.05) is 0 Å². The molecule has 0 aliphatic heterocycles. The van der Waals surface area contributed by atoms with Crippen LogP contribution in [0, 0.1) is 11.8 Å². The van der Waals surface area contributed by atoms with Crippen LogP contribution in [0.1, 0.15) is 130 Å². The predicted octanol–water partition coefficient (Wildman–Crippen LogP) is 7.13. The van der Waals surface area contributed by atoms with E-state index in [1.54, 1.807) is 0 Å². The van der Waals surface area contributed by atoms with Crippen molar-refractivity contribution >= 4 is 11.9 Å². The molecule has 0 amide bonds. The van der Waals surface area contributed by atoms with Gasteiger partial charge in [-0.3, -0.25) is 9.59 Å². The molecule has 2 rings (SSSR count). The van der Waals surface area contributed by atoms with Crippen molar-refractivity contribution in [1.29, 1.82) is 0 Å². The Hall–Kier alpha value is -1.06. The summed E-state index contributed by atoms with van der Waals surface area (Å²) in [6.07, 6.45) is 15.7. The summed E-state index contributed by atoms with van der Waals surface area (Å²) in [6, 6.07) is 0. The summed E-state index contributed by atoms with van der Waals surface area (Å²) in [5.74, 6) is 0.433. The van der Waals surface area contributed by atoms with E-state index >= 15 is 0 Å². The largest absolute Gasteiger partial charge is 0.459 e. The fourth-order valence-corrected chi connectivity index (χ4v) is 6.13.